The quantitative estimate of drug-likeness (QED) is 0.672. The molecule has 1 aromatic carbocycles. The van der Waals surface area contributed by atoms with Gasteiger partial charge in [-0.3, -0.25) is 4.99 Å². The highest BCUT2D eigenvalue weighted by Gasteiger charge is 2.27. The summed E-state index contributed by atoms with van der Waals surface area (Å²) in [5.74, 6) is 0.610. The molecular formula is C13H17N. The number of rotatable bonds is 2. The van der Waals surface area contributed by atoms with E-state index in [2.05, 4.69) is 49.2 Å². The molecule has 0 amide bonds. The molecule has 1 aliphatic carbocycles. The Morgan fingerprint density at radius 1 is 1.21 bits per heavy atom. The first-order chi connectivity index (χ1) is 6.77. The van der Waals surface area contributed by atoms with Crippen LogP contribution in [0.15, 0.2) is 35.3 Å². The van der Waals surface area contributed by atoms with Gasteiger partial charge in [-0.2, -0.15) is 0 Å². The Balaban J connectivity index is 2.14. The average Bonchev–Trinajstić information content (AvgIpc) is 2.14. The van der Waals surface area contributed by atoms with Gasteiger partial charge in [-0.05, 0) is 32.3 Å². The van der Waals surface area contributed by atoms with Crippen LogP contribution in [0, 0.1) is 0 Å². The van der Waals surface area contributed by atoms with Gasteiger partial charge in [0.05, 0.1) is 0 Å². The van der Waals surface area contributed by atoms with Crippen molar-refractivity contribution >= 4 is 5.71 Å². The molecule has 1 aliphatic rings. The van der Waals surface area contributed by atoms with Gasteiger partial charge in [0.15, 0.2) is 0 Å². The molecule has 1 saturated carbocycles. The van der Waals surface area contributed by atoms with Crippen molar-refractivity contribution in [1.82, 2.24) is 0 Å². The van der Waals surface area contributed by atoms with Crippen LogP contribution in [0.25, 0.3) is 0 Å². The van der Waals surface area contributed by atoms with Crippen LogP contribution >= 0.6 is 0 Å². The lowest BCUT2D eigenvalue weighted by Crippen LogP contribution is -2.24. The minimum atomic E-state index is 0.441. The molecule has 1 aromatic rings. The predicted octanol–water partition coefficient (Wildman–Crippen LogP) is 3.41. The third-order valence-corrected chi connectivity index (χ3v) is 2.72. The van der Waals surface area contributed by atoms with E-state index >= 15 is 0 Å². The van der Waals surface area contributed by atoms with E-state index in [-0.39, 0.29) is 0 Å². The van der Waals surface area contributed by atoms with Gasteiger partial charge < -0.3 is 0 Å². The van der Waals surface area contributed by atoms with Gasteiger partial charge in [-0.15, -0.1) is 0 Å². The molecule has 0 spiro atoms. The van der Waals surface area contributed by atoms with Crippen molar-refractivity contribution < 1.29 is 0 Å². The number of hydrogen-bond acceptors (Lipinski definition) is 1. The fourth-order valence-corrected chi connectivity index (χ4v) is 1.95. The first kappa shape index (κ1) is 9.45. The first-order valence-corrected chi connectivity index (χ1v) is 5.39. The molecule has 1 unspecified atom stereocenters. The van der Waals surface area contributed by atoms with Crippen LogP contribution in [0.5, 0.6) is 0 Å². The molecule has 1 atom stereocenters. The molecular weight excluding hydrogens is 170 g/mol. The second kappa shape index (κ2) is 3.95. The fourth-order valence-electron chi connectivity index (χ4n) is 1.95. The van der Waals surface area contributed by atoms with Gasteiger partial charge in [0.1, 0.15) is 0 Å². The van der Waals surface area contributed by atoms with E-state index in [0.717, 1.165) is 0 Å². The highest BCUT2D eigenvalue weighted by atomic mass is 14.8. The third-order valence-electron chi connectivity index (χ3n) is 2.72. The Labute approximate surface area is 85.9 Å². The summed E-state index contributed by atoms with van der Waals surface area (Å²) in [4.78, 5) is 4.66. The Bertz CT molecular complexity index is 324. The Morgan fingerprint density at radius 2 is 1.93 bits per heavy atom. The highest BCUT2D eigenvalue weighted by Crippen LogP contribution is 2.34. The van der Waals surface area contributed by atoms with E-state index in [0.29, 0.717) is 12.0 Å². The van der Waals surface area contributed by atoms with Crippen LogP contribution in [0.1, 0.15) is 38.2 Å². The fraction of sp³-hybridized carbons (Fsp3) is 0.462. The molecule has 2 rings (SSSR count). The van der Waals surface area contributed by atoms with Crippen LogP contribution in [0.3, 0.4) is 0 Å². The summed E-state index contributed by atoms with van der Waals surface area (Å²) in [5, 5.41) is 0. The van der Waals surface area contributed by atoms with Crippen LogP contribution in [0.4, 0.5) is 0 Å². The molecule has 1 heteroatoms. The topological polar surface area (TPSA) is 12.4 Å². The Kier molecular flexibility index (Phi) is 2.67. The van der Waals surface area contributed by atoms with E-state index in [1.807, 2.05) is 0 Å². The monoisotopic (exact) mass is 187 g/mol. The summed E-state index contributed by atoms with van der Waals surface area (Å²) >= 11 is 0. The number of hydrogen-bond donors (Lipinski definition) is 0. The van der Waals surface area contributed by atoms with Crippen molar-refractivity contribution in [2.24, 2.45) is 4.99 Å². The van der Waals surface area contributed by atoms with Gasteiger partial charge in [-0.25, -0.2) is 0 Å². The largest absolute Gasteiger partial charge is 0.291 e. The van der Waals surface area contributed by atoms with Crippen LogP contribution in [-0.4, -0.2) is 11.8 Å². The van der Waals surface area contributed by atoms with E-state index in [9.17, 15) is 0 Å². The molecule has 0 bridgehead atoms. The first-order valence-electron chi connectivity index (χ1n) is 5.39. The smallest absolute Gasteiger partial charge is 0.0442 e. The van der Waals surface area contributed by atoms with Gasteiger partial charge in [0.2, 0.25) is 0 Å². The Morgan fingerprint density at radius 3 is 2.43 bits per heavy atom. The molecule has 1 nitrogen and oxygen atoms in total. The van der Waals surface area contributed by atoms with E-state index in [1.54, 1.807) is 0 Å². The summed E-state index contributed by atoms with van der Waals surface area (Å²) in [5.41, 5.74) is 2.82. The Hall–Kier alpha value is -1.11. The second-order valence-electron chi connectivity index (χ2n) is 4.22. The molecule has 0 heterocycles. The zero-order valence-electron chi connectivity index (χ0n) is 8.90. The second-order valence-corrected chi connectivity index (χ2v) is 4.22. The summed E-state index contributed by atoms with van der Waals surface area (Å²) in [7, 11) is 0. The summed E-state index contributed by atoms with van der Waals surface area (Å²) in [6.07, 6.45) is 2.47. The van der Waals surface area contributed by atoms with Crippen molar-refractivity contribution in [2.75, 3.05) is 0 Å². The standard InChI is InChI=1S/C13H17N/c1-10(2)14-13-9-8-12(13)11-6-4-3-5-7-11/h3-7,10,12H,8-9H2,1-2H3. The molecule has 0 aromatic heterocycles. The summed E-state index contributed by atoms with van der Waals surface area (Å²) < 4.78 is 0. The molecule has 1 fully saturated rings. The summed E-state index contributed by atoms with van der Waals surface area (Å²) in [6, 6.07) is 11.2. The lowest BCUT2D eigenvalue weighted by Gasteiger charge is -2.29. The van der Waals surface area contributed by atoms with Crippen molar-refractivity contribution in [2.45, 2.75) is 38.6 Å². The van der Waals surface area contributed by atoms with E-state index in [4.69, 9.17) is 0 Å². The maximum absolute atomic E-state index is 4.66. The zero-order valence-corrected chi connectivity index (χ0v) is 8.90. The maximum atomic E-state index is 4.66. The minimum Gasteiger partial charge on any atom is -0.291 e. The molecule has 0 N–H and O–H groups in total. The van der Waals surface area contributed by atoms with Crippen molar-refractivity contribution in [3.8, 4) is 0 Å². The average molecular weight is 187 g/mol. The molecule has 0 radical (unpaired) electrons. The van der Waals surface area contributed by atoms with Crippen LogP contribution in [0.2, 0.25) is 0 Å². The van der Waals surface area contributed by atoms with Gasteiger partial charge in [0.25, 0.3) is 0 Å². The normalized spacial score (nSPS) is 23.9. The van der Waals surface area contributed by atoms with E-state index in [1.165, 1.54) is 24.1 Å². The highest BCUT2D eigenvalue weighted by molar-refractivity contribution is 5.96. The van der Waals surface area contributed by atoms with Crippen LogP contribution < -0.4 is 0 Å². The maximum Gasteiger partial charge on any atom is 0.0442 e. The molecule has 0 aliphatic heterocycles. The lowest BCUT2D eigenvalue weighted by molar-refractivity contribution is 0.669. The van der Waals surface area contributed by atoms with Gasteiger partial charge >= 0.3 is 0 Å². The van der Waals surface area contributed by atoms with Crippen molar-refractivity contribution in [3.05, 3.63) is 35.9 Å². The van der Waals surface area contributed by atoms with Crippen LogP contribution in [-0.2, 0) is 0 Å². The molecule has 74 valence electrons. The predicted molar refractivity (Wildman–Crippen MR) is 61.0 cm³/mol. The van der Waals surface area contributed by atoms with Crippen molar-refractivity contribution in [3.63, 3.8) is 0 Å². The van der Waals surface area contributed by atoms with E-state index < -0.39 is 0 Å². The van der Waals surface area contributed by atoms with Gasteiger partial charge in [-0.1, -0.05) is 30.3 Å². The molecule has 0 saturated heterocycles. The lowest BCUT2D eigenvalue weighted by atomic mass is 9.77. The number of benzene rings is 1. The number of aliphatic imine (C=N–C) groups is 1. The van der Waals surface area contributed by atoms with Gasteiger partial charge in [0, 0.05) is 17.7 Å². The third kappa shape index (κ3) is 1.87. The minimum absolute atomic E-state index is 0.441. The molecule has 14 heavy (non-hydrogen) atoms. The number of nitrogens with zero attached hydrogens (tertiary/aromatic N) is 1. The SMILES string of the molecule is CC(C)N=C1CCC1c1ccccc1. The summed E-state index contributed by atoms with van der Waals surface area (Å²) in [6.45, 7) is 4.29. The zero-order chi connectivity index (χ0) is 9.97. The van der Waals surface area contributed by atoms with Crippen molar-refractivity contribution in [1.29, 1.82) is 0 Å².